The van der Waals surface area contributed by atoms with Crippen molar-refractivity contribution >= 4 is 24.4 Å². The summed E-state index contributed by atoms with van der Waals surface area (Å²) < 4.78 is 0. The van der Waals surface area contributed by atoms with E-state index in [0.29, 0.717) is 5.75 Å². The summed E-state index contributed by atoms with van der Waals surface area (Å²) in [6.07, 6.45) is 1.95. The van der Waals surface area contributed by atoms with Crippen molar-refractivity contribution in [2.24, 2.45) is 5.41 Å². The molecule has 0 rings (SSSR count). The van der Waals surface area contributed by atoms with E-state index in [9.17, 15) is 0 Å². The average Bonchev–Trinajstić information content (AvgIpc) is 2.01. The molecule has 0 saturated carbocycles. The Hall–Kier alpha value is 0.620. The molecule has 10 heavy (non-hydrogen) atoms. The predicted octanol–water partition coefficient (Wildman–Crippen LogP) is 0.250. The normalized spacial score (nSPS) is 12.0. The Morgan fingerprint density at radius 1 is 1.40 bits per heavy atom. The number of hydrogen-bond donors (Lipinski definition) is 3. The van der Waals surface area contributed by atoms with E-state index in [4.69, 9.17) is 10.2 Å². The summed E-state index contributed by atoms with van der Waals surface area (Å²) in [5.41, 5.74) is -0.386. The molecular formula is C6H14O2S2. The van der Waals surface area contributed by atoms with E-state index < -0.39 is 0 Å². The van der Waals surface area contributed by atoms with Crippen molar-refractivity contribution in [2.75, 3.05) is 31.0 Å². The minimum Gasteiger partial charge on any atom is -0.396 e. The lowest BCUT2D eigenvalue weighted by Gasteiger charge is -2.26. The van der Waals surface area contributed by atoms with Gasteiger partial charge >= 0.3 is 0 Å². The number of hydrogen-bond acceptors (Lipinski definition) is 4. The zero-order valence-corrected chi connectivity index (χ0v) is 7.79. The lowest BCUT2D eigenvalue weighted by molar-refractivity contribution is 0.0936. The van der Waals surface area contributed by atoms with Crippen LogP contribution in [0.5, 0.6) is 0 Å². The van der Waals surface area contributed by atoms with Gasteiger partial charge in [-0.3, -0.25) is 0 Å². The van der Waals surface area contributed by atoms with Gasteiger partial charge in [0.05, 0.1) is 13.2 Å². The molecule has 0 aromatic rings. The van der Waals surface area contributed by atoms with Gasteiger partial charge < -0.3 is 10.2 Å². The maximum atomic E-state index is 8.89. The van der Waals surface area contributed by atoms with Gasteiger partial charge in [-0.2, -0.15) is 24.4 Å². The molecule has 0 fully saturated rings. The molecule has 0 aliphatic heterocycles. The second kappa shape index (κ2) is 5.29. The maximum absolute atomic E-state index is 8.89. The van der Waals surface area contributed by atoms with Gasteiger partial charge in [0.1, 0.15) is 0 Å². The first-order chi connectivity index (χ1) is 4.74. The summed E-state index contributed by atoms with van der Waals surface area (Å²) in [5.74, 6) is 1.28. The Kier molecular flexibility index (Phi) is 5.62. The van der Waals surface area contributed by atoms with Crippen LogP contribution >= 0.6 is 24.4 Å². The molecule has 0 spiro atoms. The molecule has 2 N–H and O–H groups in total. The lowest BCUT2D eigenvalue weighted by Crippen LogP contribution is -2.34. The van der Waals surface area contributed by atoms with Crippen molar-refractivity contribution in [3.63, 3.8) is 0 Å². The quantitative estimate of drug-likeness (QED) is 0.534. The fourth-order valence-corrected chi connectivity index (χ4v) is 1.95. The van der Waals surface area contributed by atoms with Crippen molar-refractivity contribution in [1.29, 1.82) is 0 Å². The molecule has 0 atom stereocenters. The number of aliphatic hydroxyl groups is 2. The third kappa shape index (κ3) is 2.70. The van der Waals surface area contributed by atoms with E-state index in [-0.39, 0.29) is 18.6 Å². The smallest absolute Gasteiger partial charge is 0.0525 e. The van der Waals surface area contributed by atoms with Gasteiger partial charge in [-0.25, -0.2) is 0 Å². The van der Waals surface area contributed by atoms with Crippen LogP contribution in [-0.2, 0) is 0 Å². The number of aliphatic hydroxyl groups excluding tert-OH is 2. The molecular weight excluding hydrogens is 168 g/mol. The van der Waals surface area contributed by atoms with Gasteiger partial charge in [-0.1, -0.05) is 0 Å². The van der Waals surface area contributed by atoms with Crippen LogP contribution in [0.3, 0.4) is 0 Å². The van der Waals surface area contributed by atoms with Crippen molar-refractivity contribution < 1.29 is 10.2 Å². The van der Waals surface area contributed by atoms with Crippen LogP contribution in [0, 0.1) is 5.41 Å². The van der Waals surface area contributed by atoms with Crippen molar-refractivity contribution in [3.05, 3.63) is 0 Å². The van der Waals surface area contributed by atoms with Crippen LogP contribution in [0.2, 0.25) is 0 Å². The van der Waals surface area contributed by atoms with Crippen LogP contribution < -0.4 is 0 Å². The summed E-state index contributed by atoms with van der Waals surface area (Å²) in [6, 6.07) is 0. The van der Waals surface area contributed by atoms with E-state index >= 15 is 0 Å². The van der Waals surface area contributed by atoms with Crippen LogP contribution in [0.15, 0.2) is 0 Å². The van der Waals surface area contributed by atoms with Gasteiger partial charge in [-0.15, -0.1) is 0 Å². The van der Waals surface area contributed by atoms with Gasteiger partial charge in [0.2, 0.25) is 0 Å². The average molecular weight is 182 g/mol. The minimum atomic E-state index is -0.386. The maximum Gasteiger partial charge on any atom is 0.0525 e. The van der Waals surface area contributed by atoms with Crippen molar-refractivity contribution in [2.45, 2.75) is 0 Å². The molecule has 0 aliphatic carbocycles. The molecule has 0 unspecified atom stereocenters. The molecule has 0 aliphatic rings. The summed E-state index contributed by atoms with van der Waals surface area (Å²) in [5, 5.41) is 17.8. The highest BCUT2D eigenvalue weighted by atomic mass is 32.2. The molecule has 2 nitrogen and oxygen atoms in total. The third-order valence-electron chi connectivity index (χ3n) is 1.46. The lowest BCUT2D eigenvalue weighted by atomic mass is 9.96. The first-order valence-electron chi connectivity index (χ1n) is 3.06. The fraction of sp³-hybridized carbons (Fsp3) is 1.00. The Bertz CT molecular complexity index is 75.6. The number of thioether (sulfide) groups is 1. The molecule has 0 heterocycles. The largest absolute Gasteiger partial charge is 0.396 e. The summed E-state index contributed by atoms with van der Waals surface area (Å²) in [6.45, 7) is 0.0156. The highest BCUT2D eigenvalue weighted by molar-refractivity contribution is 7.98. The highest BCUT2D eigenvalue weighted by Crippen LogP contribution is 2.21. The second-order valence-electron chi connectivity index (χ2n) is 2.41. The Morgan fingerprint density at radius 2 is 1.90 bits per heavy atom. The van der Waals surface area contributed by atoms with E-state index in [0.717, 1.165) is 5.75 Å². The van der Waals surface area contributed by atoms with E-state index in [1.54, 1.807) is 11.8 Å². The van der Waals surface area contributed by atoms with Gasteiger partial charge in [0.25, 0.3) is 0 Å². The third-order valence-corrected chi connectivity index (χ3v) is 3.03. The van der Waals surface area contributed by atoms with Gasteiger partial charge in [-0.05, 0) is 6.26 Å². The van der Waals surface area contributed by atoms with Crippen LogP contribution in [0.4, 0.5) is 0 Å². The van der Waals surface area contributed by atoms with Gasteiger partial charge in [0.15, 0.2) is 0 Å². The van der Waals surface area contributed by atoms with Crippen LogP contribution in [0.25, 0.3) is 0 Å². The molecule has 4 heteroatoms. The first-order valence-corrected chi connectivity index (χ1v) is 5.09. The van der Waals surface area contributed by atoms with Crippen LogP contribution in [0.1, 0.15) is 0 Å². The monoisotopic (exact) mass is 182 g/mol. The molecule has 62 valence electrons. The van der Waals surface area contributed by atoms with Crippen molar-refractivity contribution in [1.82, 2.24) is 0 Å². The fourth-order valence-electron chi connectivity index (χ4n) is 0.593. The number of rotatable bonds is 5. The SMILES string of the molecule is CSCC(CO)(CO)CS. The Labute approximate surface area is 71.4 Å². The molecule has 0 bridgehead atoms. The van der Waals surface area contributed by atoms with Crippen molar-refractivity contribution in [3.8, 4) is 0 Å². The Balaban J connectivity index is 3.87. The van der Waals surface area contributed by atoms with Gasteiger partial charge in [0, 0.05) is 16.9 Å². The predicted molar refractivity (Wildman–Crippen MR) is 48.8 cm³/mol. The number of thiol groups is 1. The zero-order chi connectivity index (χ0) is 8.04. The van der Waals surface area contributed by atoms with E-state index in [1.807, 2.05) is 6.26 Å². The highest BCUT2D eigenvalue weighted by Gasteiger charge is 2.26. The summed E-state index contributed by atoms with van der Waals surface area (Å²) in [4.78, 5) is 0. The minimum absolute atomic E-state index is 0.00778. The molecule has 0 aromatic heterocycles. The summed E-state index contributed by atoms with van der Waals surface area (Å²) in [7, 11) is 0. The van der Waals surface area contributed by atoms with E-state index in [2.05, 4.69) is 12.6 Å². The zero-order valence-electron chi connectivity index (χ0n) is 6.08. The summed E-state index contributed by atoms with van der Waals surface area (Å²) >= 11 is 5.68. The standard InChI is InChI=1S/C6H14O2S2/c1-10-5-6(2-7,3-8)4-9/h7-9H,2-5H2,1H3. The molecule has 0 saturated heterocycles. The van der Waals surface area contributed by atoms with Crippen LogP contribution in [-0.4, -0.2) is 41.2 Å². The molecule has 0 radical (unpaired) electrons. The molecule has 0 aromatic carbocycles. The molecule has 0 amide bonds. The van der Waals surface area contributed by atoms with E-state index in [1.165, 1.54) is 0 Å². The topological polar surface area (TPSA) is 40.5 Å². The second-order valence-corrected chi connectivity index (χ2v) is 3.59. The Morgan fingerprint density at radius 3 is 2.00 bits per heavy atom. The first kappa shape index (κ1) is 10.6.